The minimum atomic E-state index is -3.45. The zero-order valence-electron chi connectivity index (χ0n) is 13.0. The molecular weight excluding hydrogens is 288 g/mol. The molecule has 0 spiro atoms. The van der Waals surface area contributed by atoms with E-state index in [-0.39, 0.29) is 10.9 Å². The SMILES string of the molecule is CC(C)COCCCNS(=O)(=O)c1ccc(C(C)N)cc1. The lowest BCUT2D eigenvalue weighted by Crippen LogP contribution is -2.25. The van der Waals surface area contributed by atoms with E-state index in [0.29, 0.717) is 32.1 Å². The molecule has 5 nitrogen and oxygen atoms in total. The fraction of sp³-hybridized carbons (Fsp3) is 0.600. The molecule has 0 radical (unpaired) electrons. The lowest BCUT2D eigenvalue weighted by atomic mass is 10.1. The van der Waals surface area contributed by atoms with Crippen LogP contribution < -0.4 is 10.5 Å². The van der Waals surface area contributed by atoms with E-state index < -0.39 is 10.0 Å². The molecule has 0 saturated heterocycles. The predicted molar refractivity (Wildman–Crippen MR) is 84.5 cm³/mol. The Morgan fingerprint density at radius 1 is 1.19 bits per heavy atom. The fourth-order valence-corrected chi connectivity index (χ4v) is 2.81. The summed E-state index contributed by atoms with van der Waals surface area (Å²) in [6.07, 6.45) is 0.657. The molecule has 120 valence electrons. The largest absolute Gasteiger partial charge is 0.381 e. The van der Waals surface area contributed by atoms with Gasteiger partial charge >= 0.3 is 0 Å². The number of hydrogen-bond acceptors (Lipinski definition) is 4. The van der Waals surface area contributed by atoms with E-state index in [1.165, 1.54) is 0 Å². The Balaban J connectivity index is 2.43. The Labute approximate surface area is 127 Å². The van der Waals surface area contributed by atoms with Crippen molar-refractivity contribution in [1.82, 2.24) is 4.72 Å². The zero-order valence-corrected chi connectivity index (χ0v) is 13.8. The van der Waals surface area contributed by atoms with Gasteiger partial charge in [-0.3, -0.25) is 0 Å². The van der Waals surface area contributed by atoms with Crippen LogP contribution in [0.5, 0.6) is 0 Å². The van der Waals surface area contributed by atoms with Crippen molar-refractivity contribution in [2.75, 3.05) is 19.8 Å². The van der Waals surface area contributed by atoms with E-state index in [0.717, 1.165) is 5.56 Å². The highest BCUT2D eigenvalue weighted by Crippen LogP contribution is 2.14. The summed E-state index contributed by atoms with van der Waals surface area (Å²) in [6.45, 7) is 7.65. The lowest BCUT2D eigenvalue weighted by molar-refractivity contribution is 0.108. The molecule has 0 fully saturated rings. The molecule has 0 bridgehead atoms. The molecule has 0 saturated carbocycles. The van der Waals surface area contributed by atoms with Gasteiger partial charge in [0.25, 0.3) is 0 Å². The summed E-state index contributed by atoms with van der Waals surface area (Å²) in [5, 5.41) is 0. The van der Waals surface area contributed by atoms with Gasteiger partial charge in [-0.05, 0) is 37.0 Å². The quantitative estimate of drug-likeness (QED) is 0.684. The van der Waals surface area contributed by atoms with Gasteiger partial charge in [0.15, 0.2) is 0 Å². The van der Waals surface area contributed by atoms with Crippen molar-refractivity contribution in [1.29, 1.82) is 0 Å². The van der Waals surface area contributed by atoms with Gasteiger partial charge in [-0.15, -0.1) is 0 Å². The van der Waals surface area contributed by atoms with Crippen molar-refractivity contribution in [2.24, 2.45) is 11.7 Å². The van der Waals surface area contributed by atoms with Crippen molar-refractivity contribution in [2.45, 2.75) is 38.1 Å². The second-order valence-corrected chi connectivity index (χ2v) is 7.34. The summed E-state index contributed by atoms with van der Waals surface area (Å²) in [6, 6.07) is 6.54. The van der Waals surface area contributed by atoms with E-state index in [4.69, 9.17) is 10.5 Å². The molecule has 1 aromatic carbocycles. The molecular formula is C15H26N2O3S. The van der Waals surface area contributed by atoms with Crippen molar-refractivity contribution in [3.63, 3.8) is 0 Å². The van der Waals surface area contributed by atoms with Gasteiger partial charge in [-0.1, -0.05) is 26.0 Å². The summed E-state index contributed by atoms with van der Waals surface area (Å²) in [5.74, 6) is 0.491. The first-order valence-electron chi connectivity index (χ1n) is 7.26. The normalized spacial score (nSPS) is 13.6. The first kappa shape index (κ1) is 18.1. The van der Waals surface area contributed by atoms with Crippen molar-refractivity contribution in [3.8, 4) is 0 Å². The minimum absolute atomic E-state index is 0.104. The van der Waals surface area contributed by atoms with E-state index in [9.17, 15) is 8.42 Å². The van der Waals surface area contributed by atoms with E-state index in [2.05, 4.69) is 18.6 Å². The highest BCUT2D eigenvalue weighted by molar-refractivity contribution is 7.89. The summed E-state index contributed by atoms with van der Waals surface area (Å²) in [4.78, 5) is 0.259. The number of sulfonamides is 1. The first-order chi connectivity index (χ1) is 9.83. The van der Waals surface area contributed by atoms with Gasteiger partial charge < -0.3 is 10.5 Å². The number of benzene rings is 1. The average Bonchev–Trinajstić information content (AvgIpc) is 2.42. The summed E-state index contributed by atoms with van der Waals surface area (Å²) >= 11 is 0. The molecule has 3 N–H and O–H groups in total. The monoisotopic (exact) mass is 314 g/mol. The summed E-state index contributed by atoms with van der Waals surface area (Å²) < 4.78 is 32.1. The third-order valence-electron chi connectivity index (χ3n) is 2.92. The van der Waals surface area contributed by atoms with Crippen molar-refractivity contribution in [3.05, 3.63) is 29.8 Å². The minimum Gasteiger partial charge on any atom is -0.381 e. The fourth-order valence-electron chi connectivity index (χ4n) is 1.73. The molecule has 0 aliphatic rings. The topological polar surface area (TPSA) is 81.4 Å². The van der Waals surface area contributed by atoms with Crippen LogP contribution >= 0.6 is 0 Å². The molecule has 1 atom stereocenters. The van der Waals surface area contributed by atoms with Crippen LogP contribution in [0.2, 0.25) is 0 Å². The van der Waals surface area contributed by atoms with Gasteiger partial charge in [-0.2, -0.15) is 0 Å². The number of hydrogen-bond donors (Lipinski definition) is 2. The van der Waals surface area contributed by atoms with Gasteiger partial charge in [0.1, 0.15) is 0 Å². The number of ether oxygens (including phenoxy) is 1. The van der Waals surface area contributed by atoms with Gasteiger partial charge in [0.2, 0.25) is 10.0 Å². The van der Waals surface area contributed by atoms with Gasteiger partial charge in [0.05, 0.1) is 4.90 Å². The maximum absolute atomic E-state index is 12.1. The molecule has 1 unspecified atom stereocenters. The van der Waals surface area contributed by atoms with Crippen LogP contribution in [-0.2, 0) is 14.8 Å². The molecule has 0 aromatic heterocycles. The Kier molecular flexibility index (Phi) is 7.31. The van der Waals surface area contributed by atoms with Crippen LogP contribution in [0.4, 0.5) is 0 Å². The molecule has 1 rings (SSSR count). The highest BCUT2D eigenvalue weighted by atomic mass is 32.2. The Morgan fingerprint density at radius 2 is 1.81 bits per heavy atom. The van der Waals surface area contributed by atoms with Crippen LogP contribution in [0.25, 0.3) is 0 Å². The van der Waals surface area contributed by atoms with Crippen LogP contribution in [-0.4, -0.2) is 28.2 Å². The number of nitrogens with one attached hydrogen (secondary N) is 1. The Hall–Kier alpha value is -0.950. The predicted octanol–water partition coefficient (Wildman–Crippen LogP) is 2.05. The van der Waals surface area contributed by atoms with Crippen LogP contribution in [0.1, 0.15) is 38.8 Å². The smallest absolute Gasteiger partial charge is 0.240 e. The van der Waals surface area contributed by atoms with Crippen LogP contribution in [0.3, 0.4) is 0 Å². The molecule has 1 aromatic rings. The second-order valence-electron chi connectivity index (χ2n) is 5.58. The van der Waals surface area contributed by atoms with E-state index >= 15 is 0 Å². The molecule has 21 heavy (non-hydrogen) atoms. The summed E-state index contributed by atoms with van der Waals surface area (Å²) in [5.41, 5.74) is 6.65. The first-order valence-corrected chi connectivity index (χ1v) is 8.74. The van der Waals surface area contributed by atoms with Crippen LogP contribution in [0.15, 0.2) is 29.2 Å². The zero-order chi connectivity index (χ0) is 15.9. The standard InChI is InChI=1S/C15H26N2O3S/c1-12(2)11-20-10-4-9-17-21(18,19)15-7-5-14(6-8-15)13(3)16/h5-8,12-13,17H,4,9-11,16H2,1-3H3. The van der Waals surface area contributed by atoms with E-state index in [1.807, 2.05) is 6.92 Å². The lowest BCUT2D eigenvalue weighted by Gasteiger charge is -2.10. The van der Waals surface area contributed by atoms with E-state index in [1.54, 1.807) is 24.3 Å². The maximum atomic E-state index is 12.1. The Bertz CT molecular complexity index is 510. The average molecular weight is 314 g/mol. The van der Waals surface area contributed by atoms with Crippen molar-refractivity contribution < 1.29 is 13.2 Å². The third kappa shape index (κ3) is 6.56. The van der Waals surface area contributed by atoms with Crippen LogP contribution in [0, 0.1) is 5.92 Å². The molecule has 0 amide bonds. The van der Waals surface area contributed by atoms with Crippen molar-refractivity contribution >= 4 is 10.0 Å². The molecule has 0 aliphatic heterocycles. The maximum Gasteiger partial charge on any atom is 0.240 e. The third-order valence-corrected chi connectivity index (χ3v) is 4.40. The van der Waals surface area contributed by atoms with Gasteiger partial charge in [0, 0.05) is 25.8 Å². The molecule has 6 heteroatoms. The van der Waals surface area contributed by atoms with Gasteiger partial charge in [-0.25, -0.2) is 13.1 Å². The number of nitrogens with two attached hydrogens (primary N) is 1. The second kappa shape index (κ2) is 8.48. The summed E-state index contributed by atoms with van der Waals surface area (Å²) in [7, 11) is -3.45. The molecule has 0 heterocycles. The number of rotatable bonds is 9. The molecule has 0 aliphatic carbocycles. The highest BCUT2D eigenvalue weighted by Gasteiger charge is 2.13. The Morgan fingerprint density at radius 3 is 2.33 bits per heavy atom.